The van der Waals surface area contributed by atoms with Crippen molar-refractivity contribution in [1.82, 2.24) is 29.5 Å². The number of hydrogen-bond donors (Lipinski definition) is 0. The van der Waals surface area contributed by atoms with E-state index < -0.39 is 0 Å². The lowest BCUT2D eigenvalue weighted by molar-refractivity contribution is 0.0994. The molecule has 8 nitrogen and oxygen atoms in total. The van der Waals surface area contributed by atoms with Crippen LogP contribution in [-0.4, -0.2) is 29.5 Å². The van der Waals surface area contributed by atoms with Gasteiger partial charge in [-0.15, -0.1) is 16.6 Å². The number of ether oxygens (including phenoxy) is 1. The molecule has 0 N–H and O–H groups in total. The number of hydrogen-bond acceptors (Lipinski definition) is 6. The van der Waals surface area contributed by atoms with E-state index in [1.54, 1.807) is 6.33 Å². The lowest BCUT2D eigenvalue weighted by Crippen LogP contribution is -2.09. The molecule has 8 heteroatoms. The first kappa shape index (κ1) is 20.1. The molecule has 0 saturated carbocycles. The molecule has 0 atom stereocenters. The smallest absolute Gasteiger partial charge is 0.166 e. The highest BCUT2D eigenvalue weighted by Gasteiger charge is 2.27. The van der Waals surface area contributed by atoms with Crippen molar-refractivity contribution in [2.24, 2.45) is 0 Å². The number of aromatic nitrogens is 6. The van der Waals surface area contributed by atoms with E-state index in [0.717, 1.165) is 51.2 Å². The van der Waals surface area contributed by atoms with Crippen molar-refractivity contribution >= 4 is 0 Å². The summed E-state index contributed by atoms with van der Waals surface area (Å²) in [6.45, 7) is 3.16. The zero-order valence-electron chi connectivity index (χ0n) is 18.5. The third-order valence-corrected chi connectivity index (χ3v) is 5.88. The summed E-state index contributed by atoms with van der Waals surface area (Å²) < 4.78 is 15.4. The third-order valence-electron chi connectivity index (χ3n) is 5.88. The fourth-order valence-corrected chi connectivity index (χ4v) is 4.23. The van der Waals surface area contributed by atoms with Gasteiger partial charge in [-0.2, -0.15) is 0 Å². The van der Waals surface area contributed by atoms with Crippen LogP contribution >= 0.6 is 0 Å². The third kappa shape index (κ3) is 3.39. The first-order chi connectivity index (χ1) is 16.7. The summed E-state index contributed by atoms with van der Waals surface area (Å²) >= 11 is 0. The van der Waals surface area contributed by atoms with E-state index in [2.05, 4.69) is 35.4 Å². The first-order valence-corrected chi connectivity index (χ1v) is 10.9. The molecule has 0 radical (unpaired) electrons. The summed E-state index contributed by atoms with van der Waals surface area (Å²) in [5, 5.41) is 13.2. The highest BCUT2D eigenvalue weighted by atomic mass is 16.5. The second-order valence-corrected chi connectivity index (χ2v) is 8.11. The van der Waals surface area contributed by atoms with Crippen molar-refractivity contribution in [3.05, 3.63) is 89.3 Å². The summed E-state index contributed by atoms with van der Waals surface area (Å²) in [5.74, 6) is 4.90. The molecule has 0 unspecified atom stereocenters. The van der Waals surface area contributed by atoms with E-state index in [1.807, 2.05) is 61.5 Å². The van der Waals surface area contributed by atoms with Crippen LogP contribution in [0.3, 0.4) is 0 Å². The molecule has 0 aliphatic carbocycles. The molecular formula is C26H20N6O2. The van der Waals surface area contributed by atoms with E-state index in [9.17, 15) is 0 Å². The summed E-state index contributed by atoms with van der Waals surface area (Å²) in [4.78, 5) is 4.67. The predicted molar refractivity (Wildman–Crippen MR) is 125 cm³/mol. The maximum absolute atomic E-state index is 5.99. The molecule has 1 aliphatic rings. The Hall–Kier alpha value is -4.48. The number of benzene rings is 2. The minimum atomic E-state index is 0.318. The van der Waals surface area contributed by atoms with Crippen molar-refractivity contribution in [1.29, 1.82) is 0 Å². The molecule has 2 aromatic carbocycles. The maximum Gasteiger partial charge on any atom is 0.166 e. The molecule has 4 heterocycles. The van der Waals surface area contributed by atoms with Crippen molar-refractivity contribution in [2.45, 2.75) is 26.7 Å². The van der Waals surface area contributed by atoms with Gasteiger partial charge in [-0.3, -0.25) is 4.57 Å². The van der Waals surface area contributed by atoms with Gasteiger partial charge in [0, 0.05) is 17.2 Å². The van der Waals surface area contributed by atoms with E-state index in [-0.39, 0.29) is 0 Å². The average molecular weight is 448 g/mol. The van der Waals surface area contributed by atoms with Crippen molar-refractivity contribution in [2.75, 3.05) is 0 Å². The minimum Gasteiger partial charge on any atom is -0.369 e. The van der Waals surface area contributed by atoms with Gasteiger partial charge < -0.3 is 13.8 Å². The average Bonchev–Trinajstić information content (AvgIpc) is 3.57. The normalized spacial score (nSPS) is 11.9. The number of imidazole rings is 1. The molecule has 6 rings (SSSR count). The molecule has 3 aromatic heterocycles. The van der Waals surface area contributed by atoms with Gasteiger partial charge in [0.05, 0.1) is 24.5 Å². The van der Waals surface area contributed by atoms with Crippen LogP contribution in [-0.2, 0) is 24.5 Å². The van der Waals surface area contributed by atoms with Crippen LogP contribution < -0.4 is 0 Å². The Bertz CT molecular complexity index is 1540. The summed E-state index contributed by atoms with van der Waals surface area (Å²) in [7, 11) is 0. The van der Waals surface area contributed by atoms with E-state index in [4.69, 9.17) is 15.7 Å². The summed E-state index contributed by atoms with van der Waals surface area (Å²) in [6, 6.07) is 17.8. The van der Waals surface area contributed by atoms with Gasteiger partial charge in [0.2, 0.25) is 0 Å². The molecule has 34 heavy (non-hydrogen) atoms. The van der Waals surface area contributed by atoms with E-state index in [0.29, 0.717) is 25.5 Å². The van der Waals surface area contributed by atoms with E-state index >= 15 is 0 Å². The lowest BCUT2D eigenvalue weighted by atomic mass is 10.1. The van der Waals surface area contributed by atoms with Crippen molar-refractivity contribution in [3.63, 3.8) is 0 Å². The second kappa shape index (κ2) is 8.14. The van der Waals surface area contributed by atoms with Crippen molar-refractivity contribution < 1.29 is 9.26 Å². The van der Waals surface area contributed by atoms with Gasteiger partial charge in [0.1, 0.15) is 30.1 Å². The number of nitrogens with zero attached hydrogens (tertiary/aromatic N) is 6. The van der Waals surface area contributed by atoms with Crippen LogP contribution in [0.15, 0.2) is 65.4 Å². The molecular weight excluding hydrogens is 428 g/mol. The second-order valence-electron chi connectivity index (χ2n) is 8.11. The monoisotopic (exact) mass is 448 g/mol. The van der Waals surface area contributed by atoms with Crippen LogP contribution in [0, 0.1) is 19.3 Å². The summed E-state index contributed by atoms with van der Waals surface area (Å²) in [6.07, 6.45) is 7.49. The topological polar surface area (TPSA) is 83.8 Å². The summed E-state index contributed by atoms with van der Waals surface area (Å²) in [5.41, 5.74) is 6.07. The Kier molecular flexibility index (Phi) is 4.82. The van der Waals surface area contributed by atoms with Gasteiger partial charge in [-0.25, -0.2) is 4.98 Å². The Morgan fingerprint density at radius 1 is 1.09 bits per heavy atom. The number of terminal acetylenes is 1. The van der Waals surface area contributed by atoms with Crippen LogP contribution in [0.1, 0.15) is 28.4 Å². The first-order valence-electron chi connectivity index (χ1n) is 10.9. The lowest BCUT2D eigenvalue weighted by Gasteiger charge is -2.09. The molecule has 0 amide bonds. The van der Waals surface area contributed by atoms with Crippen LogP contribution in [0.5, 0.6) is 0 Å². The van der Waals surface area contributed by atoms with Gasteiger partial charge >= 0.3 is 0 Å². The minimum absolute atomic E-state index is 0.318. The predicted octanol–water partition coefficient (Wildman–Crippen LogP) is 4.15. The molecule has 0 spiro atoms. The zero-order chi connectivity index (χ0) is 23.1. The fraction of sp³-hybridized carbons (Fsp3) is 0.154. The molecule has 166 valence electrons. The Morgan fingerprint density at radius 2 is 1.97 bits per heavy atom. The van der Waals surface area contributed by atoms with Gasteiger partial charge in [0.15, 0.2) is 11.6 Å². The number of fused-ring (bicyclic) bond motifs is 5. The Morgan fingerprint density at radius 3 is 2.76 bits per heavy atom. The van der Waals surface area contributed by atoms with E-state index in [1.165, 1.54) is 0 Å². The Balaban J connectivity index is 1.44. The highest BCUT2D eigenvalue weighted by molar-refractivity contribution is 5.73. The van der Waals surface area contributed by atoms with Crippen molar-refractivity contribution in [3.8, 4) is 40.8 Å². The standard InChI is InChI=1S/C26H20N6O2/c1-3-18-9-10-22-20(12-18)26-29-28-24(15-33-14-19-7-5-4-6-8-19)31(26)13-23-25(27-16-32(22)23)21-11-17(2)34-30-21/h1,4-12,16H,13-15H2,2H3. The molecule has 0 bridgehead atoms. The highest BCUT2D eigenvalue weighted by Crippen LogP contribution is 2.35. The van der Waals surface area contributed by atoms with Crippen LogP contribution in [0.25, 0.3) is 28.5 Å². The Labute approximate surface area is 195 Å². The molecule has 5 aromatic rings. The molecule has 0 fully saturated rings. The quantitative estimate of drug-likeness (QED) is 0.369. The van der Waals surface area contributed by atoms with Gasteiger partial charge in [0.25, 0.3) is 0 Å². The number of aryl methyl sites for hydroxylation is 1. The largest absolute Gasteiger partial charge is 0.369 e. The zero-order valence-corrected chi connectivity index (χ0v) is 18.5. The maximum atomic E-state index is 5.99. The van der Waals surface area contributed by atoms with Gasteiger partial charge in [-0.05, 0) is 30.7 Å². The van der Waals surface area contributed by atoms with Crippen LogP contribution in [0.2, 0.25) is 0 Å². The SMILES string of the molecule is C#Cc1ccc2c(c1)-c1nnc(COCc3ccccc3)n1Cc1c(-c3cc(C)on3)ncn1-2. The fourth-order valence-electron chi connectivity index (χ4n) is 4.23. The molecule has 0 saturated heterocycles. The number of rotatable bonds is 5. The van der Waals surface area contributed by atoms with Gasteiger partial charge in [-0.1, -0.05) is 41.4 Å². The van der Waals surface area contributed by atoms with Crippen LogP contribution in [0.4, 0.5) is 0 Å². The molecule has 1 aliphatic heterocycles.